The van der Waals surface area contributed by atoms with Crippen molar-refractivity contribution >= 4 is 0 Å². The fourth-order valence-electron chi connectivity index (χ4n) is 3.02. The molecule has 0 N–H and O–H groups in total. The molecule has 3 rings (SSSR count). The zero-order valence-corrected chi connectivity index (χ0v) is 11.4. The molecule has 1 aliphatic rings. The number of hydrogen-bond donors (Lipinski definition) is 0. The van der Waals surface area contributed by atoms with Gasteiger partial charge in [-0.05, 0) is 24.5 Å². The Morgan fingerprint density at radius 1 is 1.20 bits per heavy atom. The molecule has 0 bridgehead atoms. The molecule has 2 heterocycles. The second-order valence-electron chi connectivity index (χ2n) is 5.22. The molecule has 1 unspecified atom stereocenters. The zero-order valence-electron chi connectivity index (χ0n) is 11.4. The lowest BCUT2D eigenvalue weighted by Crippen LogP contribution is -2.39. The summed E-state index contributed by atoms with van der Waals surface area (Å²) in [7, 11) is 0. The molecule has 1 fully saturated rings. The van der Waals surface area contributed by atoms with Crippen molar-refractivity contribution in [3.63, 3.8) is 0 Å². The van der Waals surface area contributed by atoms with Gasteiger partial charge in [0.1, 0.15) is 5.54 Å². The van der Waals surface area contributed by atoms with Gasteiger partial charge in [0.2, 0.25) is 0 Å². The highest BCUT2D eigenvalue weighted by molar-refractivity contribution is 5.31. The number of rotatable bonds is 3. The van der Waals surface area contributed by atoms with Gasteiger partial charge in [-0.15, -0.1) is 0 Å². The van der Waals surface area contributed by atoms with Gasteiger partial charge in [0.25, 0.3) is 0 Å². The molecule has 0 radical (unpaired) electrons. The number of nitriles is 1. The average Bonchev–Trinajstić information content (AvgIpc) is 2.93. The van der Waals surface area contributed by atoms with E-state index in [0.29, 0.717) is 0 Å². The van der Waals surface area contributed by atoms with Gasteiger partial charge in [-0.2, -0.15) is 5.26 Å². The van der Waals surface area contributed by atoms with Crippen LogP contribution in [0, 0.1) is 11.3 Å². The Hall–Kier alpha value is -2.18. The number of pyridine rings is 1. The maximum absolute atomic E-state index is 9.80. The predicted molar refractivity (Wildman–Crippen MR) is 77.6 cm³/mol. The largest absolute Gasteiger partial charge is 0.277 e. The Kier molecular flexibility index (Phi) is 3.49. The summed E-state index contributed by atoms with van der Waals surface area (Å²) in [6, 6.07) is 16.8. The van der Waals surface area contributed by atoms with Crippen LogP contribution in [0.4, 0.5) is 0 Å². The van der Waals surface area contributed by atoms with Gasteiger partial charge in [-0.3, -0.25) is 9.88 Å². The van der Waals surface area contributed by atoms with Crippen LogP contribution in [0.15, 0.2) is 54.9 Å². The Bertz CT molecular complexity index is 603. The minimum atomic E-state index is -0.524. The summed E-state index contributed by atoms with van der Waals surface area (Å²) in [5, 5.41) is 9.80. The summed E-state index contributed by atoms with van der Waals surface area (Å²) in [4.78, 5) is 6.46. The van der Waals surface area contributed by atoms with Crippen LogP contribution in [0.3, 0.4) is 0 Å². The van der Waals surface area contributed by atoms with Crippen molar-refractivity contribution in [3.05, 3.63) is 66.0 Å². The van der Waals surface area contributed by atoms with Crippen molar-refractivity contribution in [1.29, 1.82) is 5.26 Å². The Morgan fingerprint density at radius 2 is 2.05 bits per heavy atom. The fourth-order valence-corrected chi connectivity index (χ4v) is 3.02. The van der Waals surface area contributed by atoms with E-state index in [0.717, 1.165) is 31.5 Å². The van der Waals surface area contributed by atoms with Crippen molar-refractivity contribution in [1.82, 2.24) is 9.88 Å². The summed E-state index contributed by atoms with van der Waals surface area (Å²) < 4.78 is 0. The molecule has 20 heavy (non-hydrogen) atoms. The summed E-state index contributed by atoms with van der Waals surface area (Å²) in [6.45, 7) is 1.76. The van der Waals surface area contributed by atoms with E-state index in [2.05, 4.69) is 28.1 Å². The van der Waals surface area contributed by atoms with E-state index >= 15 is 0 Å². The van der Waals surface area contributed by atoms with Crippen LogP contribution in [0.25, 0.3) is 0 Å². The van der Waals surface area contributed by atoms with E-state index < -0.39 is 5.54 Å². The second kappa shape index (κ2) is 5.44. The summed E-state index contributed by atoms with van der Waals surface area (Å²) in [6.07, 6.45) is 5.51. The van der Waals surface area contributed by atoms with Crippen molar-refractivity contribution in [2.45, 2.75) is 24.9 Å². The minimum absolute atomic E-state index is 0.524. The van der Waals surface area contributed by atoms with Gasteiger partial charge >= 0.3 is 0 Å². The quantitative estimate of drug-likeness (QED) is 0.854. The minimum Gasteiger partial charge on any atom is -0.277 e. The lowest BCUT2D eigenvalue weighted by atomic mass is 9.89. The zero-order chi connectivity index (χ0) is 13.8. The normalized spacial score (nSPS) is 22.6. The summed E-state index contributed by atoms with van der Waals surface area (Å²) in [5.74, 6) is 0. The summed E-state index contributed by atoms with van der Waals surface area (Å²) in [5.41, 5.74) is 1.73. The van der Waals surface area contributed by atoms with Crippen LogP contribution in [0.2, 0.25) is 0 Å². The molecular weight excluding hydrogens is 246 g/mol. The van der Waals surface area contributed by atoms with Crippen LogP contribution in [0.1, 0.15) is 24.0 Å². The van der Waals surface area contributed by atoms with Gasteiger partial charge in [-0.25, -0.2) is 0 Å². The second-order valence-corrected chi connectivity index (χ2v) is 5.22. The van der Waals surface area contributed by atoms with Gasteiger partial charge < -0.3 is 0 Å². The lowest BCUT2D eigenvalue weighted by Gasteiger charge is -2.32. The molecule has 0 spiro atoms. The Morgan fingerprint density at radius 3 is 2.75 bits per heavy atom. The van der Waals surface area contributed by atoms with E-state index in [1.165, 1.54) is 5.56 Å². The molecule has 1 aliphatic heterocycles. The highest BCUT2D eigenvalue weighted by Gasteiger charge is 2.42. The monoisotopic (exact) mass is 263 g/mol. The smallest absolute Gasteiger partial charge is 0.136 e. The Labute approximate surface area is 119 Å². The third kappa shape index (κ3) is 2.19. The molecular formula is C17H17N3. The van der Waals surface area contributed by atoms with Crippen LogP contribution in [-0.2, 0) is 12.1 Å². The molecule has 3 nitrogen and oxygen atoms in total. The molecule has 1 atom stereocenters. The first kappa shape index (κ1) is 12.8. The van der Waals surface area contributed by atoms with Crippen LogP contribution in [0.5, 0.6) is 0 Å². The third-order valence-electron chi connectivity index (χ3n) is 4.05. The Balaban J connectivity index is 1.93. The van der Waals surface area contributed by atoms with Crippen molar-refractivity contribution in [2.75, 3.05) is 6.54 Å². The van der Waals surface area contributed by atoms with E-state index in [9.17, 15) is 5.26 Å². The average molecular weight is 263 g/mol. The van der Waals surface area contributed by atoms with E-state index in [1.807, 2.05) is 36.5 Å². The predicted octanol–water partition coefficient (Wildman–Crippen LogP) is 3.10. The number of aromatic nitrogens is 1. The van der Waals surface area contributed by atoms with Gasteiger partial charge in [0.05, 0.1) is 6.07 Å². The molecule has 0 aliphatic carbocycles. The van der Waals surface area contributed by atoms with E-state index in [4.69, 9.17) is 0 Å². The first-order valence-electron chi connectivity index (χ1n) is 6.96. The molecule has 1 aromatic heterocycles. The number of benzene rings is 1. The standard InChI is InChI=1S/C17H17N3/c18-14-17(16-8-4-10-19-12-16)9-5-11-20(17)13-15-6-2-1-3-7-15/h1-4,6-8,10,12H,5,9,11,13H2. The van der Waals surface area contributed by atoms with Crippen molar-refractivity contribution in [2.24, 2.45) is 0 Å². The molecule has 1 aromatic carbocycles. The molecule has 3 heteroatoms. The number of nitrogens with zero attached hydrogens (tertiary/aromatic N) is 3. The van der Waals surface area contributed by atoms with Crippen LogP contribution in [-0.4, -0.2) is 16.4 Å². The van der Waals surface area contributed by atoms with Crippen LogP contribution >= 0.6 is 0 Å². The van der Waals surface area contributed by atoms with Crippen LogP contribution < -0.4 is 0 Å². The SMILES string of the molecule is N#CC1(c2cccnc2)CCCN1Cc1ccccc1. The van der Waals surface area contributed by atoms with E-state index in [-0.39, 0.29) is 0 Å². The van der Waals surface area contributed by atoms with E-state index in [1.54, 1.807) is 6.20 Å². The first-order chi connectivity index (χ1) is 9.85. The topological polar surface area (TPSA) is 39.9 Å². The van der Waals surface area contributed by atoms with Crippen molar-refractivity contribution in [3.8, 4) is 6.07 Å². The van der Waals surface area contributed by atoms with Gasteiger partial charge in [-0.1, -0.05) is 36.4 Å². The highest BCUT2D eigenvalue weighted by atomic mass is 15.2. The molecule has 2 aromatic rings. The fraction of sp³-hybridized carbons (Fsp3) is 0.294. The highest BCUT2D eigenvalue weighted by Crippen LogP contribution is 2.38. The molecule has 0 saturated carbocycles. The maximum atomic E-state index is 9.80. The van der Waals surface area contributed by atoms with Gasteiger partial charge in [0.15, 0.2) is 0 Å². The maximum Gasteiger partial charge on any atom is 0.136 e. The number of hydrogen-bond acceptors (Lipinski definition) is 3. The third-order valence-corrected chi connectivity index (χ3v) is 4.05. The molecule has 0 amide bonds. The summed E-state index contributed by atoms with van der Waals surface area (Å²) >= 11 is 0. The van der Waals surface area contributed by atoms with Crippen molar-refractivity contribution < 1.29 is 0 Å². The molecule has 100 valence electrons. The van der Waals surface area contributed by atoms with Gasteiger partial charge in [0, 0.05) is 31.0 Å². The molecule has 1 saturated heterocycles. The number of likely N-dealkylation sites (tertiary alicyclic amines) is 1. The first-order valence-corrected chi connectivity index (χ1v) is 6.96. The lowest BCUT2D eigenvalue weighted by molar-refractivity contribution is 0.183.